The van der Waals surface area contributed by atoms with Gasteiger partial charge in [-0.15, -0.1) is 0 Å². The first-order chi connectivity index (χ1) is 7.93. The summed E-state index contributed by atoms with van der Waals surface area (Å²) in [7, 11) is 0. The second kappa shape index (κ2) is 5.70. The van der Waals surface area contributed by atoms with Gasteiger partial charge in [-0.05, 0) is 27.2 Å². The number of aliphatic carboxylic acids is 1. The number of amides is 2. The van der Waals surface area contributed by atoms with Gasteiger partial charge in [0.15, 0.2) is 0 Å². The van der Waals surface area contributed by atoms with Crippen LogP contribution < -0.4 is 5.32 Å². The summed E-state index contributed by atoms with van der Waals surface area (Å²) >= 11 is 0. The summed E-state index contributed by atoms with van der Waals surface area (Å²) < 4.78 is 0. The van der Waals surface area contributed by atoms with Crippen LogP contribution in [0.3, 0.4) is 0 Å². The number of carbonyl (C=O) groups is 2. The maximum absolute atomic E-state index is 11.8. The van der Waals surface area contributed by atoms with Gasteiger partial charge in [-0.3, -0.25) is 4.79 Å². The molecule has 0 bridgehead atoms. The number of hydrogen-bond acceptors (Lipinski definition) is 2. The topological polar surface area (TPSA) is 69.6 Å². The minimum Gasteiger partial charge on any atom is -0.481 e. The summed E-state index contributed by atoms with van der Waals surface area (Å²) in [6.45, 7) is 6.71. The Balaban J connectivity index is 2.49. The molecule has 96 valence electrons. The molecule has 17 heavy (non-hydrogen) atoms. The van der Waals surface area contributed by atoms with Gasteiger partial charge in [0.1, 0.15) is 0 Å². The Labute approximate surface area is 101 Å². The van der Waals surface area contributed by atoms with Crippen LogP contribution in [0.2, 0.25) is 0 Å². The zero-order valence-electron chi connectivity index (χ0n) is 10.6. The van der Waals surface area contributed by atoms with E-state index in [-0.39, 0.29) is 12.1 Å². The van der Waals surface area contributed by atoms with Crippen molar-refractivity contribution in [3.8, 4) is 0 Å². The lowest BCUT2D eigenvalue weighted by molar-refractivity contribution is -0.142. The van der Waals surface area contributed by atoms with E-state index in [2.05, 4.69) is 5.32 Å². The summed E-state index contributed by atoms with van der Waals surface area (Å²) in [5.74, 6) is -1.26. The number of carbonyl (C=O) groups excluding carboxylic acids is 1. The molecule has 1 heterocycles. The first-order valence-electron chi connectivity index (χ1n) is 5.84. The molecule has 5 heteroatoms. The Morgan fingerprint density at radius 2 is 2.12 bits per heavy atom. The number of rotatable bonds is 3. The predicted octanol–water partition coefficient (Wildman–Crippen LogP) is 1.46. The van der Waals surface area contributed by atoms with Crippen LogP contribution in [0.25, 0.3) is 0 Å². The van der Waals surface area contributed by atoms with Gasteiger partial charge in [0.25, 0.3) is 0 Å². The third-order valence-corrected chi connectivity index (χ3v) is 3.10. The Hall–Kier alpha value is -1.52. The Bertz CT molecular complexity index is 335. The largest absolute Gasteiger partial charge is 0.481 e. The molecule has 1 fully saturated rings. The number of nitrogens with zero attached hydrogens (tertiary/aromatic N) is 1. The van der Waals surface area contributed by atoms with Gasteiger partial charge in [0.05, 0.1) is 5.92 Å². The number of carboxylic acid groups (broad SMARTS) is 1. The van der Waals surface area contributed by atoms with Crippen molar-refractivity contribution in [2.45, 2.75) is 33.2 Å². The zero-order chi connectivity index (χ0) is 13.0. The first kappa shape index (κ1) is 13.5. The van der Waals surface area contributed by atoms with Gasteiger partial charge >= 0.3 is 12.0 Å². The Kier molecular flexibility index (Phi) is 4.54. The molecule has 2 unspecified atom stereocenters. The number of likely N-dealkylation sites (tertiary alicyclic amines) is 1. The van der Waals surface area contributed by atoms with E-state index < -0.39 is 11.9 Å². The minimum absolute atomic E-state index is 0.182. The maximum atomic E-state index is 11.8. The number of nitrogens with one attached hydrogen (secondary N) is 1. The molecule has 0 aliphatic carbocycles. The lowest BCUT2D eigenvalue weighted by Gasteiger charge is -2.23. The van der Waals surface area contributed by atoms with E-state index in [0.29, 0.717) is 19.5 Å². The molecule has 0 saturated carbocycles. The molecule has 1 rings (SSSR count). The van der Waals surface area contributed by atoms with E-state index >= 15 is 0 Å². The van der Waals surface area contributed by atoms with Crippen LogP contribution in [-0.4, -0.2) is 41.1 Å². The summed E-state index contributed by atoms with van der Waals surface area (Å²) in [6, 6.07) is -0.419. The number of allylic oxidation sites excluding steroid dienone is 1. The average molecular weight is 240 g/mol. The maximum Gasteiger partial charge on any atom is 0.317 e. The number of urea groups is 1. The summed E-state index contributed by atoms with van der Waals surface area (Å²) in [6.07, 6.45) is 2.46. The monoisotopic (exact) mass is 240 g/mol. The molecule has 0 aromatic heterocycles. The standard InChI is InChI=1S/C12H20N2O3/c1-8(2)4-6-13-12(17)14-7-5-10(9(14)3)11(15)16/h4,9-10H,5-7H2,1-3H3,(H,13,17)(H,15,16). The first-order valence-corrected chi connectivity index (χ1v) is 5.84. The highest BCUT2D eigenvalue weighted by molar-refractivity contribution is 5.78. The van der Waals surface area contributed by atoms with E-state index in [1.807, 2.05) is 19.9 Å². The van der Waals surface area contributed by atoms with Crippen molar-refractivity contribution in [1.29, 1.82) is 0 Å². The van der Waals surface area contributed by atoms with Crippen LogP contribution in [0.15, 0.2) is 11.6 Å². The van der Waals surface area contributed by atoms with E-state index in [1.165, 1.54) is 0 Å². The third-order valence-electron chi connectivity index (χ3n) is 3.10. The summed E-state index contributed by atoms with van der Waals surface area (Å²) in [5, 5.41) is 11.7. The molecule has 2 amide bonds. The van der Waals surface area contributed by atoms with Crippen molar-refractivity contribution in [3.63, 3.8) is 0 Å². The summed E-state index contributed by atoms with van der Waals surface area (Å²) in [4.78, 5) is 24.3. The van der Waals surface area contributed by atoms with Crippen molar-refractivity contribution in [3.05, 3.63) is 11.6 Å². The van der Waals surface area contributed by atoms with Gasteiger partial charge in [-0.1, -0.05) is 11.6 Å². The molecule has 0 radical (unpaired) electrons. The molecule has 0 aromatic rings. The second-order valence-corrected chi connectivity index (χ2v) is 4.63. The Morgan fingerprint density at radius 3 is 2.59 bits per heavy atom. The van der Waals surface area contributed by atoms with Gasteiger partial charge in [0.2, 0.25) is 0 Å². The van der Waals surface area contributed by atoms with E-state index in [0.717, 1.165) is 5.57 Å². The van der Waals surface area contributed by atoms with Crippen LogP contribution in [-0.2, 0) is 4.79 Å². The average Bonchev–Trinajstić information content (AvgIpc) is 2.59. The SMILES string of the molecule is CC(C)=CCNC(=O)N1CCC(C(=O)O)C1C. The van der Waals surface area contributed by atoms with Crippen molar-refractivity contribution >= 4 is 12.0 Å². The summed E-state index contributed by atoms with van der Waals surface area (Å²) in [5.41, 5.74) is 1.14. The molecule has 1 aliphatic rings. The smallest absolute Gasteiger partial charge is 0.317 e. The molecule has 2 atom stereocenters. The molecule has 0 spiro atoms. The zero-order valence-corrected chi connectivity index (χ0v) is 10.6. The van der Waals surface area contributed by atoms with Gasteiger partial charge in [0, 0.05) is 19.1 Å². The van der Waals surface area contributed by atoms with Crippen LogP contribution in [0.1, 0.15) is 27.2 Å². The molecular formula is C12H20N2O3. The molecule has 1 saturated heterocycles. The fraction of sp³-hybridized carbons (Fsp3) is 0.667. The van der Waals surface area contributed by atoms with Crippen molar-refractivity contribution in [2.75, 3.05) is 13.1 Å². The van der Waals surface area contributed by atoms with E-state index in [4.69, 9.17) is 5.11 Å². The van der Waals surface area contributed by atoms with Crippen molar-refractivity contribution in [1.82, 2.24) is 10.2 Å². The molecule has 5 nitrogen and oxygen atoms in total. The second-order valence-electron chi connectivity index (χ2n) is 4.63. The van der Waals surface area contributed by atoms with Crippen molar-refractivity contribution < 1.29 is 14.7 Å². The highest BCUT2D eigenvalue weighted by atomic mass is 16.4. The van der Waals surface area contributed by atoms with Crippen LogP contribution >= 0.6 is 0 Å². The molecular weight excluding hydrogens is 220 g/mol. The van der Waals surface area contributed by atoms with Gasteiger partial charge in [-0.25, -0.2) is 4.79 Å². The number of hydrogen-bond donors (Lipinski definition) is 2. The molecule has 0 aromatic carbocycles. The fourth-order valence-corrected chi connectivity index (χ4v) is 2.00. The fourth-order valence-electron chi connectivity index (χ4n) is 2.00. The quantitative estimate of drug-likeness (QED) is 0.734. The van der Waals surface area contributed by atoms with Gasteiger partial charge in [-0.2, -0.15) is 0 Å². The highest BCUT2D eigenvalue weighted by Gasteiger charge is 2.37. The van der Waals surface area contributed by atoms with Crippen LogP contribution in [0.4, 0.5) is 4.79 Å². The van der Waals surface area contributed by atoms with Crippen LogP contribution in [0.5, 0.6) is 0 Å². The predicted molar refractivity (Wildman–Crippen MR) is 64.7 cm³/mol. The van der Waals surface area contributed by atoms with Crippen LogP contribution in [0, 0.1) is 5.92 Å². The molecule has 2 N–H and O–H groups in total. The number of carboxylic acids is 1. The highest BCUT2D eigenvalue weighted by Crippen LogP contribution is 2.24. The van der Waals surface area contributed by atoms with Crippen molar-refractivity contribution in [2.24, 2.45) is 5.92 Å². The minimum atomic E-state index is -0.822. The van der Waals surface area contributed by atoms with E-state index in [9.17, 15) is 9.59 Å². The normalized spacial score (nSPS) is 23.4. The lowest BCUT2D eigenvalue weighted by atomic mass is 10.0. The lowest BCUT2D eigenvalue weighted by Crippen LogP contribution is -2.43. The van der Waals surface area contributed by atoms with E-state index in [1.54, 1.807) is 11.8 Å². The molecule has 1 aliphatic heterocycles. The Morgan fingerprint density at radius 1 is 1.47 bits per heavy atom. The third kappa shape index (κ3) is 3.47. The van der Waals surface area contributed by atoms with Gasteiger partial charge < -0.3 is 15.3 Å².